The molecule has 0 saturated heterocycles. The number of hydrogen-bond donors (Lipinski definition) is 3. The van der Waals surface area contributed by atoms with E-state index in [2.05, 4.69) is 5.32 Å². The van der Waals surface area contributed by atoms with Gasteiger partial charge in [0.15, 0.2) is 0 Å². The van der Waals surface area contributed by atoms with Crippen molar-refractivity contribution in [1.82, 2.24) is 0 Å². The zero-order valence-electron chi connectivity index (χ0n) is 6.32. The minimum atomic E-state index is -0.975. The van der Waals surface area contributed by atoms with E-state index >= 15 is 0 Å². The predicted molar refractivity (Wildman–Crippen MR) is 44.1 cm³/mol. The number of hydrogen-bond acceptors (Lipinski definition) is 3. The molecule has 0 aliphatic heterocycles. The molecule has 0 amide bonds. The van der Waals surface area contributed by atoms with E-state index < -0.39 is 5.97 Å². The Balaban J connectivity index is 2.88. The van der Waals surface area contributed by atoms with Crippen molar-refractivity contribution in [1.29, 1.82) is 0 Å². The van der Waals surface area contributed by atoms with Crippen LogP contribution in [-0.4, -0.2) is 22.9 Å². The highest BCUT2D eigenvalue weighted by molar-refractivity contribution is 5.88. The van der Waals surface area contributed by atoms with E-state index in [1.807, 2.05) is 0 Å². The molecule has 1 rings (SSSR count). The number of rotatable bonds is 3. The molecular formula is C8H9NO3. The first-order chi connectivity index (χ1) is 5.74. The van der Waals surface area contributed by atoms with E-state index in [4.69, 9.17) is 10.2 Å². The molecule has 1 aromatic carbocycles. The molecule has 0 aliphatic rings. The standard InChI is InChI=1S/C8H9NO3/c10-5-9-7-3-1-2-6(4-7)8(11)12/h1-4,9-10H,5H2,(H,11,12). The Kier molecular flexibility index (Phi) is 2.66. The van der Waals surface area contributed by atoms with Crippen molar-refractivity contribution < 1.29 is 15.0 Å². The maximum atomic E-state index is 10.5. The number of nitrogens with one attached hydrogen (secondary N) is 1. The van der Waals surface area contributed by atoms with Crippen LogP contribution in [0.3, 0.4) is 0 Å². The average Bonchev–Trinajstić information content (AvgIpc) is 2.05. The summed E-state index contributed by atoms with van der Waals surface area (Å²) in [7, 11) is 0. The van der Waals surface area contributed by atoms with Crippen LogP contribution in [0, 0.1) is 0 Å². The minimum Gasteiger partial charge on any atom is -0.478 e. The molecule has 4 heteroatoms. The second-order valence-electron chi connectivity index (χ2n) is 2.22. The van der Waals surface area contributed by atoms with Crippen molar-refractivity contribution in [2.45, 2.75) is 0 Å². The van der Waals surface area contributed by atoms with Crippen molar-refractivity contribution in [3.8, 4) is 0 Å². The third-order valence-electron chi connectivity index (χ3n) is 1.39. The van der Waals surface area contributed by atoms with Gasteiger partial charge in [0, 0.05) is 5.69 Å². The van der Waals surface area contributed by atoms with Crippen LogP contribution >= 0.6 is 0 Å². The Morgan fingerprint density at radius 1 is 1.50 bits per heavy atom. The smallest absolute Gasteiger partial charge is 0.335 e. The summed E-state index contributed by atoms with van der Waals surface area (Å²) in [5, 5.41) is 19.7. The number of carboxylic acids is 1. The summed E-state index contributed by atoms with van der Waals surface area (Å²) in [4.78, 5) is 10.5. The molecule has 3 N–H and O–H groups in total. The van der Waals surface area contributed by atoms with Crippen LogP contribution in [0.5, 0.6) is 0 Å². The van der Waals surface area contributed by atoms with Crippen molar-refractivity contribution in [2.24, 2.45) is 0 Å². The maximum Gasteiger partial charge on any atom is 0.335 e. The molecule has 0 aliphatic carbocycles. The topological polar surface area (TPSA) is 69.6 Å². The van der Waals surface area contributed by atoms with Crippen molar-refractivity contribution in [2.75, 3.05) is 12.0 Å². The molecule has 0 aromatic heterocycles. The van der Waals surface area contributed by atoms with Crippen molar-refractivity contribution in [3.63, 3.8) is 0 Å². The number of aromatic carboxylic acids is 1. The first-order valence-electron chi connectivity index (χ1n) is 3.42. The van der Waals surface area contributed by atoms with Crippen LogP contribution < -0.4 is 5.32 Å². The fourth-order valence-electron chi connectivity index (χ4n) is 0.853. The molecule has 4 nitrogen and oxygen atoms in total. The number of aliphatic hydroxyl groups excluding tert-OH is 1. The lowest BCUT2D eigenvalue weighted by Gasteiger charge is -2.02. The van der Waals surface area contributed by atoms with Gasteiger partial charge in [0.1, 0.15) is 6.73 Å². The summed E-state index contributed by atoms with van der Waals surface area (Å²) in [6.07, 6.45) is 0. The summed E-state index contributed by atoms with van der Waals surface area (Å²) < 4.78 is 0. The molecule has 64 valence electrons. The van der Waals surface area contributed by atoms with Gasteiger partial charge in [-0.2, -0.15) is 0 Å². The zero-order valence-corrected chi connectivity index (χ0v) is 6.32. The molecule has 0 heterocycles. The summed E-state index contributed by atoms with van der Waals surface area (Å²) in [5.41, 5.74) is 0.797. The molecular weight excluding hydrogens is 158 g/mol. The largest absolute Gasteiger partial charge is 0.478 e. The van der Waals surface area contributed by atoms with Gasteiger partial charge in [0.25, 0.3) is 0 Å². The number of carbonyl (C=O) groups is 1. The summed E-state index contributed by atoms with van der Waals surface area (Å²) in [6.45, 7) is -0.205. The number of aliphatic hydroxyl groups is 1. The average molecular weight is 167 g/mol. The highest BCUT2D eigenvalue weighted by Gasteiger charge is 2.01. The van der Waals surface area contributed by atoms with Crippen LogP contribution in [-0.2, 0) is 0 Å². The molecule has 12 heavy (non-hydrogen) atoms. The summed E-state index contributed by atoms with van der Waals surface area (Å²) >= 11 is 0. The lowest BCUT2D eigenvalue weighted by atomic mass is 10.2. The van der Waals surface area contributed by atoms with Gasteiger partial charge in [-0.05, 0) is 18.2 Å². The quantitative estimate of drug-likeness (QED) is 0.581. The Labute approximate surface area is 69.5 Å². The minimum absolute atomic E-state index is 0.202. The van der Waals surface area contributed by atoms with Crippen LogP contribution in [0.1, 0.15) is 10.4 Å². The molecule has 0 atom stereocenters. The summed E-state index contributed by atoms with van der Waals surface area (Å²) in [5.74, 6) is -0.975. The monoisotopic (exact) mass is 167 g/mol. The predicted octanol–water partition coefficient (Wildman–Crippen LogP) is 0.746. The Bertz CT molecular complexity index is 285. The van der Waals surface area contributed by atoms with E-state index in [0.717, 1.165) is 0 Å². The van der Waals surface area contributed by atoms with Gasteiger partial charge in [-0.15, -0.1) is 0 Å². The Morgan fingerprint density at radius 3 is 2.83 bits per heavy atom. The van der Waals surface area contributed by atoms with Gasteiger partial charge in [-0.25, -0.2) is 4.79 Å². The Morgan fingerprint density at radius 2 is 2.25 bits per heavy atom. The Hall–Kier alpha value is -1.55. The molecule has 0 fully saturated rings. The molecule has 1 aromatic rings. The van der Waals surface area contributed by atoms with E-state index in [0.29, 0.717) is 5.69 Å². The van der Waals surface area contributed by atoms with E-state index in [1.165, 1.54) is 12.1 Å². The third kappa shape index (κ3) is 1.96. The second kappa shape index (κ2) is 3.73. The second-order valence-corrected chi connectivity index (χ2v) is 2.22. The number of anilines is 1. The van der Waals surface area contributed by atoms with E-state index in [-0.39, 0.29) is 12.3 Å². The fourth-order valence-corrected chi connectivity index (χ4v) is 0.853. The summed E-state index contributed by atoms with van der Waals surface area (Å²) in [6, 6.07) is 6.24. The molecule has 0 saturated carbocycles. The normalized spacial score (nSPS) is 9.42. The van der Waals surface area contributed by atoms with Gasteiger partial charge < -0.3 is 15.5 Å². The SMILES string of the molecule is O=C(O)c1cccc(NCO)c1. The van der Waals surface area contributed by atoms with Crippen molar-refractivity contribution >= 4 is 11.7 Å². The first-order valence-corrected chi connectivity index (χ1v) is 3.42. The molecule has 0 radical (unpaired) electrons. The fraction of sp³-hybridized carbons (Fsp3) is 0.125. The highest BCUT2D eigenvalue weighted by atomic mass is 16.4. The van der Waals surface area contributed by atoms with E-state index in [9.17, 15) is 4.79 Å². The highest BCUT2D eigenvalue weighted by Crippen LogP contribution is 2.09. The van der Waals surface area contributed by atoms with Crippen LogP contribution in [0.25, 0.3) is 0 Å². The molecule has 0 unspecified atom stereocenters. The lowest BCUT2D eigenvalue weighted by molar-refractivity contribution is 0.0697. The van der Waals surface area contributed by atoms with Gasteiger partial charge >= 0.3 is 5.97 Å². The van der Waals surface area contributed by atoms with Gasteiger partial charge in [-0.3, -0.25) is 0 Å². The van der Waals surface area contributed by atoms with Gasteiger partial charge in [0.2, 0.25) is 0 Å². The lowest BCUT2D eigenvalue weighted by Crippen LogP contribution is -2.01. The maximum absolute atomic E-state index is 10.5. The molecule has 0 spiro atoms. The van der Waals surface area contributed by atoms with Crippen LogP contribution in [0.15, 0.2) is 24.3 Å². The first kappa shape index (κ1) is 8.55. The van der Waals surface area contributed by atoms with Crippen molar-refractivity contribution in [3.05, 3.63) is 29.8 Å². The van der Waals surface area contributed by atoms with Gasteiger partial charge in [-0.1, -0.05) is 6.07 Å². The van der Waals surface area contributed by atoms with Crippen LogP contribution in [0.4, 0.5) is 5.69 Å². The number of benzene rings is 1. The zero-order chi connectivity index (χ0) is 8.97. The van der Waals surface area contributed by atoms with Gasteiger partial charge in [0.05, 0.1) is 5.56 Å². The third-order valence-corrected chi connectivity index (χ3v) is 1.39. The number of carboxylic acid groups (broad SMARTS) is 1. The molecule has 0 bridgehead atoms. The van der Waals surface area contributed by atoms with Crippen LogP contribution in [0.2, 0.25) is 0 Å². The van der Waals surface area contributed by atoms with E-state index in [1.54, 1.807) is 12.1 Å².